The van der Waals surface area contributed by atoms with E-state index in [2.05, 4.69) is 22.5 Å². The number of fused-ring (bicyclic) bond motifs is 1. The number of nitrogens with zero attached hydrogens (tertiary/aromatic N) is 1. The number of hydrogen-bond acceptors (Lipinski definition) is 3. The van der Waals surface area contributed by atoms with Gasteiger partial charge >= 0.3 is 6.03 Å². The number of carbonyl (C=O) groups is 1. The quantitative estimate of drug-likeness (QED) is 0.879. The van der Waals surface area contributed by atoms with Crippen LogP contribution in [0.25, 0.3) is 0 Å². The van der Waals surface area contributed by atoms with Crippen molar-refractivity contribution in [2.24, 2.45) is 0 Å². The highest BCUT2D eigenvalue weighted by Crippen LogP contribution is 2.24. The SMILES string of the molecule is Cc1c(Cl)cccc1NC(=O)N[C@H]1C[C@H]2CO[C@H](C)CN2C1. The number of hydrogen-bond donors (Lipinski definition) is 2. The van der Waals surface area contributed by atoms with Crippen LogP contribution in [0.3, 0.4) is 0 Å². The Bertz CT molecular complexity index is 566. The average Bonchev–Trinajstić information content (AvgIpc) is 2.85. The molecular weight excluding hydrogens is 302 g/mol. The Morgan fingerprint density at radius 3 is 3.05 bits per heavy atom. The molecular formula is C16H22ClN3O2. The van der Waals surface area contributed by atoms with Gasteiger partial charge in [0.15, 0.2) is 0 Å². The predicted octanol–water partition coefficient (Wildman–Crippen LogP) is 2.63. The van der Waals surface area contributed by atoms with Gasteiger partial charge in [0.2, 0.25) is 0 Å². The molecule has 0 spiro atoms. The third-order valence-corrected chi connectivity index (χ3v) is 4.85. The lowest BCUT2D eigenvalue weighted by atomic mass is 10.1. The van der Waals surface area contributed by atoms with Crippen LogP contribution in [0.15, 0.2) is 18.2 Å². The van der Waals surface area contributed by atoms with Crippen molar-refractivity contribution in [1.29, 1.82) is 0 Å². The number of halogens is 1. The Balaban J connectivity index is 1.55. The summed E-state index contributed by atoms with van der Waals surface area (Å²) in [6.45, 7) is 6.57. The second-order valence-electron chi connectivity index (χ2n) is 6.20. The van der Waals surface area contributed by atoms with E-state index in [9.17, 15) is 4.79 Å². The van der Waals surface area contributed by atoms with Crippen LogP contribution in [-0.2, 0) is 4.74 Å². The van der Waals surface area contributed by atoms with Crippen molar-refractivity contribution in [3.05, 3.63) is 28.8 Å². The molecule has 0 radical (unpaired) electrons. The fourth-order valence-electron chi connectivity index (χ4n) is 3.23. The van der Waals surface area contributed by atoms with E-state index >= 15 is 0 Å². The maximum Gasteiger partial charge on any atom is 0.319 e. The van der Waals surface area contributed by atoms with Gasteiger partial charge in [-0.1, -0.05) is 17.7 Å². The summed E-state index contributed by atoms with van der Waals surface area (Å²) >= 11 is 6.07. The minimum absolute atomic E-state index is 0.165. The molecule has 3 rings (SSSR count). The van der Waals surface area contributed by atoms with Gasteiger partial charge in [0.25, 0.3) is 0 Å². The van der Waals surface area contributed by atoms with Crippen molar-refractivity contribution in [2.45, 2.75) is 38.5 Å². The van der Waals surface area contributed by atoms with Crippen LogP contribution in [-0.4, -0.2) is 48.8 Å². The molecule has 1 aromatic carbocycles. The van der Waals surface area contributed by atoms with E-state index in [1.165, 1.54) is 0 Å². The molecule has 6 heteroatoms. The standard InChI is InChI=1S/C16H22ClN3O2/c1-10-7-20-8-12(6-13(20)9-22-10)18-16(21)19-15-5-3-4-14(17)11(15)2/h3-5,10,12-13H,6-9H2,1-2H3,(H2,18,19,21)/t10-,12+,13+/m1/s1. The Hall–Kier alpha value is -1.30. The maximum absolute atomic E-state index is 12.2. The van der Waals surface area contributed by atoms with Gasteiger partial charge in [-0.3, -0.25) is 4.90 Å². The Morgan fingerprint density at radius 1 is 1.41 bits per heavy atom. The molecule has 2 amide bonds. The molecule has 2 N–H and O–H groups in total. The summed E-state index contributed by atoms with van der Waals surface area (Å²) in [5, 5.41) is 6.59. The summed E-state index contributed by atoms with van der Waals surface area (Å²) in [6, 6.07) is 5.92. The predicted molar refractivity (Wildman–Crippen MR) is 87.5 cm³/mol. The van der Waals surface area contributed by atoms with Crippen LogP contribution < -0.4 is 10.6 Å². The minimum Gasteiger partial charge on any atom is -0.376 e. The second kappa shape index (κ2) is 6.44. The summed E-state index contributed by atoms with van der Waals surface area (Å²) in [5.74, 6) is 0. The van der Waals surface area contributed by atoms with Crippen LogP contribution >= 0.6 is 11.6 Å². The van der Waals surface area contributed by atoms with Crippen molar-refractivity contribution < 1.29 is 9.53 Å². The zero-order valence-corrected chi connectivity index (χ0v) is 13.7. The van der Waals surface area contributed by atoms with Crippen molar-refractivity contribution in [3.8, 4) is 0 Å². The summed E-state index contributed by atoms with van der Waals surface area (Å²) in [4.78, 5) is 14.6. The van der Waals surface area contributed by atoms with E-state index < -0.39 is 0 Å². The molecule has 120 valence electrons. The van der Waals surface area contributed by atoms with E-state index in [1.807, 2.05) is 25.1 Å². The third-order valence-electron chi connectivity index (χ3n) is 4.44. The molecule has 2 saturated heterocycles. The van der Waals surface area contributed by atoms with E-state index in [0.717, 1.165) is 37.4 Å². The first-order valence-corrected chi connectivity index (χ1v) is 8.09. The Labute approximate surface area is 136 Å². The molecule has 0 aliphatic carbocycles. The van der Waals surface area contributed by atoms with Crippen molar-refractivity contribution in [3.63, 3.8) is 0 Å². The van der Waals surface area contributed by atoms with Gasteiger partial charge in [0.05, 0.1) is 12.7 Å². The van der Waals surface area contributed by atoms with Crippen molar-refractivity contribution >= 4 is 23.3 Å². The first-order valence-electron chi connectivity index (χ1n) is 7.71. The van der Waals surface area contributed by atoms with E-state index in [0.29, 0.717) is 11.1 Å². The van der Waals surface area contributed by atoms with Crippen LogP contribution in [0, 0.1) is 6.92 Å². The first kappa shape index (κ1) is 15.6. The molecule has 0 saturated carbocycles. The number of benzene rings is 1. The number of ether oxygens (including phenoxy) is 1. The lowest BCUT2D eigenvalue weighted by Gasteiger charge is -2.33. The molecule has 2 heterocycles. The van der Waals surface area contributed by atoms with Crippen LogP contribution in [0.4, 0.5) is 10.5 Å². The van der Waals surface area contributed by atoms with E-state index in [1.54, 1.807) is 0 Å². The lowest BCUT2D eigenvalue weighted by molar-refractivity contribution is -0.0390. The summed E-state index contributed by atoms with van der Waals surface area (Å²) in [6.07, 6.45) is 1.22. The number of amides is 2. The molecule has 22 heavy (non-hydrogen) atoms. The van der Waals surface area contributed by atoms with Gasteiger partial charge in [-0.15, -0.1) is 0 Å². The largest absolute Gasteiger partial charge is 0.376 e. The monoisotopic (exact) mass is 323 g/mol. The molecule has 1 aromatic rings. The topological polar surface area (TPSA) is 53.6 Å². The Morgan fingerprint density at radius 2 is 2.23 bits per heavy atom. The van der Waals surface area contributed by atoms with Crippen molar-refractivity contribution in [2.75, 3.05) is 25.0 Å². The smallest absolute Gasteiger partial charge is 0.319 e. The molecule has 2 fully saturated rings. The van der Waals surface area contributed by atoms with Gasteiger partial charge < -0.3 is 15.4 Å². The first-order chi connectivity index (χ1) is 10.5. The lowest BCUT2D eigenvalue weighted by Crippen LogP contribution is -2.45. The summed E-state index contributed by atoms with van der Waals surface area (Å²) in [7, 11) is 0. The highest BCUT2D eigenvalue weighted by atomic mass is 35.5. The number of urea groups is 1. The van der Waals surface area contributed by atoms with E-state index in [4.69, 9.17) is 16.3 Å². The highest BCUT2D eigenvalue weighted by Gasteiger charge is 2.36. The number of morpholine rings is 1. The van der Waals surface area contributed by atoms with Gasteiger partial charge in [0.1, 0.15) is 0 Å². The van der Waals surface area contributed by atoms with Crippen LogP contribution in [0.2, 0.25) is 5.02 Å². The Kier molecular flexibility index (Phi) is 4.57. The van der Waals surface area contributed by atoms with Crippen LogP contribution in [0.1, 0.15) is 18.9 Å². The van der Waals surface area contributed by atoms with Gasteiger partial charge in [0, 0.05) is 35.9 Å². The third kappa shape index (κ3) is 3.37. The molecule has 0 unspecified atom stereocenters. The normalized spacial score (nSPS) is 28.2. The van der Waals surface area contributed by atoms with E-state index in [-0.39, 0.29) is 18.2 Å². The number of rotatable bonds is 2. The molecule has 2 aliphatic heterocycles. The zero-order valence-electron chi connectivity index (χ0n) is 12.9. The summed E-state index contributed by atoms with van der Waals surface area (Å²) < 4.78 is 5.68. The minimum atomic E-state index is -0.177. The molecule has 0 bridgehead atoms. The molecule has 3 atom stereocenters. The second-order valence-corrected chi connectivity index (χ2v) is 6.60. The molecule has 5 nitrogen and oxygen atoms in total. The number of carbonyl (C=O) groups excluding carboxylic acids is 1. The zero-order chi connectivity index (χ0) is 15.7. The number of nitrogens with one attached hydrogen (secondary N) is 2. The van der Waals surface area contributed by atoms with Crippen molar-refractivity contribution in [1.82, 2.24) is 10.2 Å². The molecule has 0 aromatic heterocycles. The molecule has 2 aliphatic rings. The van der Waals surface area contributed by atoms with Gasteiger partial charge in [-0.05, 0) is 38.0 Å². The van der Waals surface area contributed by atoms with Gasteiger partial charge in [-0.25, -0.2) is 4.79 Å². The van der Waals surface area contributed by atoms with Gasteiger partial charge in [-0.2, -0.15) is 0 Å². The fourth-order valence-corrected chi connectivity index (χ4v) is 3.41. The average molecular weight is 324 g/mol. The van der Waals surface area contributed by atoms with Crippen LogP contribution in [0.5, 0.6) is 0 Å². The highest BCUT2D eigenvalue weighted by molar-refractivity contribution is 6.31. The number of anilines is 1. The fraction of sp³-hybridized carbons (Fsp3) is 0.562. The maximum atomic E-state index is 12.2. The summed E-state index contributed by atoms with van der Waals surface area (Å²) in [5.41, 5.74) is 1.63.